The number of hydrogen-bond acceptors (Lipinski definition) is 4. The summed E-state index contributed by atoms with van der Waals surface area (Å²) in [6, 6.07) is 28.9. The molecule has 0 unspecified atom stereocenters. The molecule has 0 amide bonds. The van der Waals surface area contributed by atoms with Gasteiger partial charge in [0.05, 0.1) is 26.7 Å². The quantitative estimate of drug-likeness (QED) is 0.242. The first-order valence-electron chi connectivity index (χ1n) is 10.4. The van der Waals surface area contributed by atoms with Gasteiger partial charge in [0.25, 0.3) is 0 Å². The molecule has 0 atom stereocenters. The van der Waals surface area contributed by atoms with Crippen LogP contribution in [-0.2, 0) is 6.18 Å². The van der Waals surface area contributed by atoms with Crippen LogP contribution in [0.4, 0.5) is 13.2 Å². The van der Waals surface area contributed by atoms with Crippen molar-refractivity contribution in [2.24, 2.45) is 0 Å². The third-order valence-corrected chi connectivity index (χ3v) is 7.39. The third kappa shape index (κ3) is 4.85. The van der Waals surface area contributed by atoms with Gasteiger partial charge in [0.15, 0.2) is 0 Å². The number of fused-ring (bicyclic) bond motifs is 2. The SMILES string of the molecule is FC(F)(F)c1ccc(-c2cc3ccccc3s2)nc1.c1ccc(-c2cc3ccccc3s2)nc1. The molecule has 6 rings (SSSR count). The first-order valence-corrected chi connectivity index (χ1v) is 12.0. The molecule has 0 bridgehead atoms. The number of alkyl halides is 3. The molecule has 2 aromatic carbocycles. The van der Waals surface area contributed by atoms with Crippen molar-refractivity contribution < 1.29 is 13.2 Å². The summed E-state index contributed by atoms with van der Waals surface area (Å²) in [5.41, 5.74) is 0.894. The Hall–Kier alpha value is -3.55. The van der Waals surface area contributed by atoms with Gasteiger partial charge in [0.1, 0.15) is 0 Å². The Bertz CT molecular complexity index is 1470. The van der Waals surface area contributed by atoms with E-state index in [9.17, 15) is 13.2 Å². The number of hydrogen-bond donors (Lipinski definition) is 0. The fraction of sp³-hybridized carbons (Fsp3) is 0.0370. The molecule has 0 aliphatic rings. The summed E-state index contributed by atoms with van der Waals surface area (Å²) in [7, 11) is 0. The zero-order valence-electron chi connectivity index (χ0n) is 17.7. The Morgan fingerprint density at radius 1 is 0.588 bits per heavy atom. The van der Waals surface area contributed by atoms with E-state index in [1.165, 1.54) is 32.4 Å². The minimum absolute atomic E-state index is 0.564. The molecule has 4 heterocycles. The average Bonchev–Trinajstić information content (AvgIpc) is 3.49. The van der Waals surface area contributed by atoms with E-state index in [1.54, 1.807) is 11.3 Å². The number of benzene rings is 2. The predicted octanol–water partition coefficient (Wildman–Crippen LogP) is 8.95. The van der Waals surface area contributed by atoms with Gasteiger partial charge in [-0.25, -0.2) is 0 Å². The summed E-state index contributed by atoms with van der Waals surface area (Å²) < 4.78 is 39.8. The van der Waals surface area contributed by atoms with Crippen LogP contribution in [0.2, 0.25) is 0 Å². The molecule has 0 N–H and O–H groups in total. The highest BCUT2D eigenvalue weighted by atomic mass is 32.1. The standard InChI is InChI=1S/C14H8F3NS.C13H9NS/c15-14(16,17)10-5-6-11(18-8-10)13-7-9-3-1-2-4-12(9)19-13;1-2-7-12-10(5-1)9-13(15-12)11-6-3-4-8-14-11/h1-8H;1-9H. The Morgan fingerprint density at radius 2 is 1.15 bits per heavy atom. The molecule has 0 saturated carbocycles. The van der Waals surface area contributed by atoms with Crippen molar-refractivity contribution in [3.63, 3.8) is 0 Å². The number of nitrogens with zero attached hydrogens (tertiary/aromatic N) is 2. The summed E-state index contributed by atoms with van der Waals surface area (Å²) in [5, 5.41) is 2.37. The van der Waals surface area contributed by atoms with Crippen LogP contribution in [0.15, 0.2) is 103 Å². The van der Waals surface area contributed by atoms with E-state index in [0.717, 1.165) is 32.9 Å². The summed E-state index contributed by atoms with van der Waals surface area (Å²) in [6.07, 6.45) is -1.63. The van der Waals surface area contributed by atoms with E-state index in [0.29, 0.717) is 5.69 Å². The minimum Gasteiger partial charge on any atom is -0.255 e. The highest BCUT2D eigenvalue weighted by Gasteiger charge is 2.30. The zero-order valence-corrected chi connectivity index (χ0v) is 19.3. The summed E-state index contributed by atoms with van der Waals surface area (Å²) in [4.78, 5) is 10.4. The van der Waals surface area contributed by atoms with Crippen LogP contribution >= 0.6 is 22.7 Å². The molecule has 0 aliphatic carbocycles. The second-order valence-corrected chi connectivity index (χ2v) is 9.61. The van der Waals surface area contributed by atoms with Crippen molar-refractivity contribution in [1.82, 2.24) is 9.97 Å². The largest absolute Gasteiger partial charge is 0.417 e. The van der Waals surface area contributed by atoms with Crippen LogP contribution in [-0.4, -0.2) is 9.97 Å². The highest BCUT2D eigenvalue weighted by Crippen LogP contribution is 2.34. The number of aromatic nitrogens is 2. The van der Waals surface area contributed by atoms with Crippen molar-refractivity contribution in [3.05, 3.63) is 109 Å². The summed E-state index contributed by atoms with van der Waals surface area (Å²) in [5.74, 6) is 0. The van der Waals surface area contributed by atoms with Crippen molar-refractivity contribution in [2.75, 3.05) is 0 Å². The Balaban J connectivity index is 0.000000145. The third-order valence-electron chi connectivity index (χ3n) is 5.11. The first kappa shape index (κ1) is 22.3. The fourth-order valence-electron chi connectivity index (χ4n) is 3.43. The lowest BCUT2D eigenvalue weighted by Gasteiger charge is -2.05. The molecular weight excluding hydrogens is 473 g/mol. The molecule has 0 aliphatic heterocycles. The van der Waals surface area contributed by atoms with Gasteiger partial charge < -0.3 is 0 Å². The maximum atomic E-state index is 12.5. The summed E-state index contributed by atoms with van der Waals surface area (Å²) in [6.45, 7) is 0. The lowest BCUT2D eigenvalue weighted by atomic mass is 10.2. The molecule has 7 heteroatoms. The van der Waals surface area contributed by atoms with Gasteiger partial charge in [-0.15, -0.1) is 22.7 Å². The van der Waals surface area contributed by atoms with Crippen LogP contribution in [0.3, 0.4) is 0 Å². The molecule has 0 fully saturated rings. The van der Waals surface area contributed by atoms with E-state index in [4.69, 9.17) is 0 Å². The Kier molecular flexibility index (Phi) is 6.13. The van der Waals surface area contributed by atoms with E-state index >= 15 is 0 Å². The van der Waals surface area contributed by atoms with Crippen molar-refractivity contribution >= 4 is 42.8 Å². The van der Waals surface area contributed by atoms with Gasteiger partial charge in [-0.2, -0.15) is 13.2 Å². The van der Waals surface area contributed by atoms with E-state index in [1.807, 2.05) is 54.7 Å². The van der Waals surface area contributed by atoms with Gasteiger partial charge in [-0.05, 0) is 59.3 Å². The molecular formula is C27H17F3N2S2. The van der Waals surface area contributed by atoms with Crippen molar-refractivity contribution in [1.29, 1.82) is 0 Å². The smallest absolute Gasteiger partial charge is 0.255 e. The average molecular weight is 491 g/mol. The zero-order chi connectivity index (χ0) is 23.5. The van der Waals surface area contributed by atoms with Crippen molar-refractivity contribution in [3.8, 4) is 21.1 Å². The summed E-state index contributed by atoms with van der Waals surface area (Å²) >= 11 is 3.31. The highest BCUT2D eigenvalue weighted by molar-refractivity contribution is 7.22. The van der Waals surface area contributed by atoms with Gasteiger partial charge in [-0.1, -0.05) is 42.5 Å². The van der Waals surface area contributed by atoms with E-state index < -0.39 is 11.7 Å². The van der Waals surface area contributed by atoms with Gasteiger partial charge >= 0.3 is 6.18 Å². The van der Waals surface area contributed by atoms with Gasteiger partial charge in [0, 0.05) is 21.8 Å². The molecule has 0 radical (unpaired) electrons. The lowest BCUT2D eigenvalue weighted by Crippen LogP contribution is -2.04. The monoisotopic (exact) mass is 490 g/mol. The number of thiophene rings is 2. The molecule has 0 saturated heterocycles. The van der Waals surface area contributed by atoms with Gasteiger partial charge in [-0.3, -0.25) is 9.97 Å². The lowest BCUT2D eigenvalue weighted by molar-refractivity contribution is -0.137. The van der Waals surface area contributed by atoms with Crippen LogP contribution < -0.4 is 0 Å². The van der Waals surface area contributed by atoms with E-state index in [2.05, 4.69) is 40.3 Å². The van der Waals surface area contributed by atoms with E-state index in [-0.39, 0.29) is 0 Å². The van der Waals surface area contributed by atoms with Crippen LogP contribution in [0.5, 0.6) is 0 Å². The number of halogens is 3. The normalized spacial score (nSPS) is 11.4. The van der Waals surface area contributed by atoms with Crippen LogP contribution in [0.25, 0.3) is 41.3 Å². The maximum absolute atomic E-state index is 12.5. The molecule has 4 aromatic heterocycles. The molecule has 0 spiro atoms. The second kappa shape index (κ2) is 9.37. The maximum Gasteiger partial charge on any atom is 0.417 e. The van der Waals surface area contributed by atoms with Crippen LogP contribution in [0.1, 0.15) is 5.56 Å². The molecule has 34 heavy (non-hydrogen) atoms. The minimum atomic E-state index is -4.34. The molecule has 6 aromatic rings. The van der Waals surface area contributed by atoms with Crippen molar-refractivity contribution in [2.45, 2.75) is 6.18 Å². The fourth-order valence-corrected chi connectivity index (χ4v) is 5.51. The van der Waals surface area contributed by atoms with Crippen LogP contribution in [0, 0.1) is 0 Å². The Labute approximate surface area is 202 Å². The Morgan fingerprint density at radius 3 is 1.62 bits per heavy atom. The molecule has 168 valence electrons. The van der Waals surface area contributed by atoms with Gasteiger partial charge in [0.2, 0.25) is 0 Å². The second-order valence-electron chi connectivity index (χ2n) is 7.44. The predicted molar refractivity (Wildman–Crippen MR) is 135 cm³/mol. The topological polar surface area (TPSA) is 25.8 Å². The number of pyridine rings is 2. The number of rotatable bonds is 2. The first-order chi connectivity index (χ1) is 16.5. The molecule has 2 nitrogen and oxygen atoms in total.